The number of piperidine rings is 1. The molecule has 1 N–H and O–H groups in total. The Morgan fingerprint density at radius 1 is 1.42 bits per heavy atom. The van der Waals surface area contributed by atoms with Gasteiger partial charge in [-0.15, -0.1) is 10.2 Å². The Bertz CT molecular complexity index is 452. The lowest BCUT2D eigenvalue weighted by Crippen LogP contribution is -2.40. The molecule has 2 rings (SSSR count). The van der Waals surface area contributed by atoms with E-state index >= 15 is 0 Å². The van der Waals surface area contributed by atoms with Crippen LogP contribution in [0.25, 0.3) is 0 Å². The van der Waals surface area contributed by atoms with Crippen LogP contribution in [-0.2, 0) is 6.18 Å². The van der Waals surface area contributed by atoms with Crippen LogP contribution in [0, 0.1) is 0 Å². The van der Waals surface area contributed by atoms with E-state index in [9.17, 15) is 13.2 Å². The van der Waals surface area contributed by atoms with Crippen molar-refractivity contribution < 1.29 is 13.2 Å². The zero-order valence-electron chi connectivity index (χ0n) is 10.3. The summed E-state index contributed by atoms with van der Waals surface area (Å²) in [6, 6.07) is 0.735. The number of anilines is 1. The zero-order valence-corrected chi connectivity index (χ0v) is 11.1. The molecule has 1 fully saturated rings. The van der Waals surface area contributed by atoms with Crippen LogP contribution in [0.1, 0.15) is 18.4 Å². The monoisotopic (exact) mass is 294 g/mol. The molecule has 1 aromatic rings. The third kappa shape index (κ3) is 3.70. The molecule has 0 spiro atoms. The van der Waals surface area contributed by atoms with Crippen molar-refractivity contribution in [2.45, 2.75) is 25.1 Å². The van der Waals surface area contributed by atoms with Crippen molar-refractivity contribution in [2.75, 3.05) is 25.5 Å². The first-order valence-corrected chi connectivity index (χ1v) is 6.29. The van der Waals surface area contributed by atoms with Crippen LogP contribution in [0.3, 0.4) is 0 Å². The Balaban J connectivity index is 2.20. The Kier molecular flexibility index (Phi) is 4.15. The highest BCUT2D eigenvalue weighted by molar-refractivity contribution is 6.29. The van der Waals surface area contributed by atoms with Gasteiger partial charge in [0.25, 0.3) is 0 Å². The van der Waals surface area contributed by atoms with E-state index in [1.54, 1.807) is 0 Å². The van der Waals surface area contributed by atoms with Crippen LogP contribution in [0.5, 0.6) is 0 Å². The second-order valence-corrected chi connectivity index (χ2v) is 5.06. The number of alkyl halides is 3. The second kappa shape index (κ2) is 5.50. The van der Waals surface area contributed by atoms with Crippen LogP contribution in [-0.4, -0.2) is 41.3 Å². The largest absolute Gasteiger partial charge is 0.420 e. The minimum atomic E-state index is -4.50. The molecule has 1 atom stereocenters. The molecule has 4 nitrogen and oxygen atoms in total. The molecule has 106 valence electrons. The van der Waals surface area contributed by atoms with Gasteiger partial charge in [-0.05, 0) is 32.5 Å². The van der Waals surface area contributed by atoms with E-state index in [2.05, 4.69) is 20.4 Å². The van der Waals surface area contributed by atoms with E-state index in [1.165, 1.54) is 0 Å². The lowest BCUT2D eigenvalue weighted by Gasteiger charge is -2.30. The van der Waals surface area contributed by atoms with Gasteiger partial charge in [-0.2, -0.15) is 13.2 Å². The molecule has 0 bridgehead atoms. The molecule has 0 unspecified atom stereocenters. The zero-order chi connectivity index (χ0) is 14.0. The molecule has 1 saturated heterocycles. The first kappa shape index (κ1) is 14.3. The Hall–Kier alpha value is -1.08. The lowest BCUT2D eigenvalue weighted by molar-refractivity contribution is -0.137. The highest BCUT2D eigenvalue weighted by Gasteiger charge is 2.36. The molecule has 0 amide bonds. The molecular formula is C11H14ClF3N4. The van der Waals surface area contributed by atoms with E-state index in [0.717, 1.165) is 25.5 Å². The normalized spacial score (nSPS) is 21.4. The van der Waals surface area contributed by atoms with E-state index in [1.807, 2.05) is 7.05 Å². The summed E-state index contributed by atoms with van der Waals surface area (Å²) in [6.07, 6.45) is -2.75. The van der Waals surface area contributed by atoms with E-state index in [0.29, 0.717) is 6.54 Å². The molecule has 0 radical (unpaired) electrons. The van der Waals surface area contributed by atoms with E-state index in [4.69, 9.17) is 11.6 Å². The van der Waals surface area contributed by atoms with Crippen molar-refractivity contribution in [1.82, 2.24) is 15.1 Å². The standard InChI is InChI=1S/C11H14ClF3N4/c1-19-4-2-3-7(6-19)16-10-8(11(13,14)15)5-9(12)17-18-10/h5,7H,2-4,6H2,1H3,(H,16,18)/t7-/m1/s1. The first-order chi connectivity index (χ1) is 8.86. The summed E-state index contributed by atoms with van der Waals surface area (Å²) >= 11 is 5.48. The van der Waals surface area contributed by atoms with Gasteiger partial charge in [0.1, 0.15) is 5.56 Å². The van der Waals surface area contributed by atoms with Crippen LogP contribution >= 0.6 is 11.6 Å². The fourth-order valence-electron chi connectivity index (χ4n) is 2.17. The lowest BCUT2D eigenvalue weighted by atomic mass is 10.1. The molecule has 1 aliphatic rings. The Morgan fingerprint density at radius 2 is 2.16 bits per heavy atom. The number of rotatable bonds is 2. The molecule has 1 aliphatic heterocycles. The maximum absolute atomic E-state index is 12.9. The summed E-state index contributed by atoms with van der Waals surface area (Å²) in [5.41, 5.74) is -0.874. The summed E-state index contributed by atoms with van der Waals surface area (Å²) in [4.78, 5) is 2.07. The molecule has 0 saturated carbocycles. The van der Waals surface area contributed by atoms with Gasteiger partial charge in [0.2, 0.25) is 0 Å². The van der Waals surface area contributed by atoms with Gasteiger partial charge in [0.15, 0.2) is 11.0 Å². The van der Waals surface area contributed by atoms with Gasteiger partial charge >= 0.3 is 6.18 Å². The molecule has 8 heteroatoms. The van der Waals surface area contributed by atoms with Crippen LogP contribution in [0.15, 0.2) is 6.07 Å². The van der Waals surface area contributed by atoms with Gasteiger partial charge in [-0.3, -0.25) is 0 Å². The van der Waals surface area contributed by atoms with Crippen molar-refractivity contribution >= 4 is 17.4 Å². The summed E-state index contributed by atoms with van der Waals surface area (Å²) in [5.74, 6) is -0.253. The van der Waals surface area contributed by atoms with Gasteiger partial charge in [0.05, 0.1) is 0 Å². The van der Waals surface area contributed by atoms with Crippen molar-refractivity contribution in [3.63, 3.8) is 0 Å². The number of likely N-dealkylation sites (tertiary alicyclic amines) is 1. The molecule has 0 aromatic carbocycles. The first-order valence-electron chi connectivity index (χ1n) is 5.92. The van der Waals surface area contributed by atoms with Gasteiger partial charge in [-0.1, -0.05) is 11.6 Å². The minimum Gasteiger partial charge on any atom is -0.364 e. The Labute approximate surface area is 113 Å². The van der Waals surface area contributed by atoms with Crippen LogP contribution in [0.4, 0.5) is 19.0 Å². The van der Waals surface area contributed by atoms with E-state index < -0.39 is 11.7 Å². The molecule has 0 aliphatic carbocycles. The summed E-state index contributed by atoms with van der Waals surface area (Å²) in [5, 5.41) is 9.56. The minimum absolute atomic E-state index is 0.0599. The predicted octanol–water partition coefficient (Wildman–Crippen LogP) is 2.65. The molecular weight excluding hydrogens is 281 g/mol. The number of hydrogen-bond acceptors (Lipinski definition) is 4. The van der Waals surface area contributed by atoms with Crippen molar-refractivity contribution in [3.8, 4) is 0 Å². The fraction of sp³-hybridized carbons (Fsp3) is 0.636. The third-order valence-corrected chi connectivity index (χ3v) is 3.22. The number of likely N-dealkylation sites (N-methyl/N-ethyl adjacent to an activating group) is 1. The average molecular weight is 295 g/mol. The summed E-state index contributed by atoms with van der Waals surface area (Å²) in [6.45, 7) is 1.64. The van der Waals surface area contributed by atoms with Gasteiger partial charge in [-0.25, -0.2) is 0 Å². The number of nitrogens with one attached hydrogen (secondary N) is 1. The van der Waals surface area contributed by atoms with E-state index in [-0.39, 0.29) is 17.0 Å². The molecule has 19 heavy (non-hydrogen) atoms. The maximum Gasteiger partial charge on any atom is 0.420 e. The highest BCUT2D eigenvalue weighted by atomic mass is 35.5. The fourth-order valence-corrected chi connectivity index (χ4v) is 2.32. The van der Waals surface area contributed by atoms with Gasteiger partial charge in [0, 0.05) is 12.6 Å². The van der Waals surface area contributed by atoms with Crippen molar-refractivity contribution in [3.05, 3.63) is 16.8 Å². The topological polar surface area (TPSA) is 41.0 Å². The third-order valence-electron chi connectivity index (χ3n) is 3.03. The van der Waals surface area contributed by atoms with Crippen molar-refractivity contribution in [2.24, 2.45) is 0 Å². The highest BCUT2D eigenvalue weighted by Crippen LogP contribution is 2.35. The smallest absolute Gasteiger partial charge is 0.364 e. The maximum atomic E-state index is 12.9. The number of nitrogens with zero attached hydrogens (tertiary/aromatic N) is 3. The van der Waals surface area contributed by atoms with Crippen LogP contribution < -0.4 is 5.32 Å². The average Bonchev–Trinajstić information content (AvgIpc) is 2.30. The van der Waals surface area contributed by atoms with Gasteiger partial charge < -0.3 is 10.2 Å². The summed E-state index contributed by atoms with van der Waals surface area (Å²) < 4.78 is 38.6. The molecule has 1 aromatic heterocycles. The summed E-state index contributed by atoms with van der Waals surface area (Å²) in [7, 11) is 1.94. The quantitative estimate of drug-likeness (QED) is 0.910. The second-order valence-electron chi connectivity index (χ2n) is 4.67. The van der Waals surface area contributed by atoms with Crippen molar-refractivity contribution in [1.29, 1.82) is 0 Å². The number of aromatic nitrogens is 2. The number of hydrogen-bond donors (Lipinski definition) is 1. The number of halogens is 4. The molecule has 2 heterocycles. The predicted molar refractivity (Wildman–Crippen MR) is 66.2 cm³/mol. The SMILES string of the molecule is CN1CCC[C@@H](Nc2nnc(Cl)cc2C(F)(F)F)C1. The Morgan fingerprint density at radius 3 is 2.79 bits per heavy atom. The van der Waals surface area contributed by atoms with Crippen LogP contribution in [0.2, 0.25) is 5.15 Å².